The molecule has 1 fully saturated rings. The monoisotopic (exact) mass is 432 g/mol. The maximum atomic E-state index is 13.0. The van der Waals surface area contributed by atoms with Crippen LogP contribution in [-0.4, -0.2) is 45.9 Å². The normalized spacial score (nSPS) is 17.4. The highest BCUT2D eigenvalue weighted by molar-refractivity contribution is 7.89. The Kier molecular flexibility index (Phi) is 6.99. The number of methoxy groups -OCH3 is 2. The fourth-order valence-electron chi connectivity index (χ4n) is 3.66. The van der Waals surface area contributed by atoms with Crippen molar-refractivity contribution in [2.75, 3.05) is 27.3 Å². The number of amides is 1. The molecule has 1 N–H and O–H groups in total. The van der Waals surface area contributed by atoms with Crippen LogP contribution in [0.15, 0.2) is 47.4 Å². The highest BCUT2D eigenvalue weighted by Gasteiger charge is 2.33. The van der Waals surface area contributed by atoms with E-state index < -0.39 is 15.9 Å². The first-order valence-electron chi connectivity index (χ1n) is 9.91. The minimum atomic E-state index is -3.62. The van der Waals surface area contributed by atoms with E-state index in [2.05, 4.69) is 5.32 Å². The van der Waals surface area contributed by atoms with Gasteiger partial charge in [0.2, 0.25) is 15.9 Å². The van der Waals surface area contributed by atoms with Crippen LogP contribution in [0.2, 0.25) is 0 Å². The Balaban J connectivity index is 1.69. The molecule has 8 heteroatoms. The topological polar surface area (TPSA) is 84.9 Å². The number of hydrogen-bond donors (Lipinski definition) is 1. The molecule has 0 spiro atoms. The Hall–Kier alpha value is -2.58. The Bertz CT molecular complexity index is 967. The third-order valence-corrected chi connectivity index (χ3v) is 7.26. The number of sulfonamides is 1. The van der Waals surface area contributed by atoms with Crippen molar-refractivity contribution in [2.24, 2.45) is 5.92 Å². The minimum absolute atomic E-state index is 0.172. The number of aryl methyl sites for hydroxylation is 1. The summed E-state index contributed by atoms with van der Waals surface area (Å²) < 4.78 is 38.1. The number of carbonyl (C=O) groups is 1. The summed E-state index contributed by atoms with van der Waals surface area (Å²) in [5.74, 6) is 0.676. The van der Waals surface area contributed by atoms with Crippen LogP contribution >= 0.6 is 0 Å². The molecule has 2 aromatic carbocycles. The third-order valence-electron chi connectivity index (χ3n) is 5.38. The van der Waals surface area contributed by atoms with Crippen molar-refractivity contribution in [3.05, 3.63) is 53.6 Å². The summed E-state index contributed by atoms with van der Waals surface area (Å²) in [6.45, 7) is 2.74. The second-order valence-corrected chi connectivity index (χ2v) is 9.31. The lowest BCUT2D eigenvalue weighted by atomic mass is 9.98. The first-order chi connectivity index (χ1) is 14.4. The van der Waals surface area contributed by atoms with Gasteiger partial charge in [0.15, 0.2) is 0 Å². The molecule has 30 heavy (non-hydrogen) atoms. The molecule has 1 aliphatic rings. The van der Waals surface area contributed by atoms with Gasteiger partial charge in [-0.3, -0.25) is 4.79 Å². The minimum Gasteiger partial charge on any atom is -0.496 e. The van der Waals surface area contributed by atoms with Crippen molar-refractivity contribution >= 4 is 15.9 Å². The quantitative estimate of drug-likeness (QED) is 0.727. The van der Waals surface area contributed by atoms with E-state index in [0.717, 1.165) is 11.1 Å². The predicted octanol–water partition coefficient (Wildman–Crippen LogP) is 2.73. The summed E-state index contributed by atoms with van der Waals surface area (Å²) in [6.07, 6.45) is 1.29. The SMILES string of the molecule is COc1cccc(OC)c1CNC(=O)C1CCCN(S(=O)(=O)c2ccc(C)cc2)C1. The standard InChI is InChI=1S/C22H28N2O5S/c1-16-9-11-18(12-10-16)30(26,27)24-13-5-6-17(15-24)22(25)23-14-19-20(28-2)7-4-8-21(19)29-3/h4,7-12,17H,5-6,13-15H2,1-3H3,(H,23,25). The number of nitrogens with one attached hydrogen (secondary N) is 1. The fourth-order valence-corrected chi connectivity index (χ4v) is 5.18. The Morgan fingerprint density at radius 2 is 1.73 bits per heavy atom. The Labute approximate surface area is 178 Å². The van der Waals surface area contributed by atoms with E-state index in [-0.39, 0.29) is 23.9 Å². The van der Waals surface area contributed by atoms with Gasteiger partial charge in [0.1, 0.15) is 11.5 Å². The molecule has 1 heterocycles. The summed E-state index contributed by atoms with van der Waals surface area (Å²) in [7, 11) is -0.491. The molecule has 7 nitrogen and oxygen atoms in total. The zero-order valence-electron chi connectivity index (χ0n) is 17.6. The molecule has 1 unspecified atom stereocenters. The maximum absolute atomic E-state index is 13.0. The molecular weight excluding hydrogens is 404 g/mol. The Morgan fingerprint density at radius 3 is 2.33 bits per heavy atom. The summed E-state index contributed by atoms with van der Waals surface area (Å²) in [4.78, 5) is 13.1. The van der Waals surface area contributed by atoms with E-state index in [9.17, 15) is 13.2 Å². The summed E-state index contributed by atoms with van der Waals surface area (Å²) in [6, 6.07) is 12.2. The van der Waals surface area contributed by atoms with Crippen LogP contribution in [0, 0.1) is 12.8 Å². The molecule has 0 bridgehead atoms. The summed E-state index contributed by atoms with van der Waals surface area (Å²) >= 11 is 0. The molecule has 1 saturated heterocycles. The second kappa shape index (κ2) is 9.49. The van der Waals surface area contributed by atoms with Gasteiger partial charge in [-0.15, -0.1) is 0 Å². The van der Waals surface area contributed by atoms with Crippen molar-refractivity contribution in [3.8, 4) is 11.5 Å². The van der Waals surface area contributed by atoms with Gasteiger partial charge >= 0.3 is 0 Å². The van der Waals surface area contributed by atoms with Gasteiger partial charge in [-0.05, 0) is 44.0 Å². The van der Waals surface area contributed by atoms with Gasteiger partial charge in [0.25, 0.3) is 0 Å². The predicted molar refractivity (Wildman–Crippen MR) is 114 cm³/mol. The second-order valence-electron chi connectivity index (χ2n) is 7.37. The van der Waals surface area contributed by atoms with Crippen LogP contribution in [0.5, 0.6) is 11.5 Å². The van der Waals surface area contributed by atoms with Crippen molar-refractivity contribution in [1.29, 1.82) is 0 Å². The number of ether oxygens (including phenoxy) is 2. The van der Waals surface area contributed by atoms with Crippen LogP contribution < -0.4 is 14.8 Å². The number of carbonyl (C=O) groups excluding carboxylic acids is 1. The maximum Gasteiger partial charge on any atom is 0.243 e. The molecule has 0 aromatic heterocycles. The Morgan fingerprint density at radius 1 is 1.10 bits per heavy atom. The highest BCUT2D eigenvalue weighted by atomic mass is 32.2. The van der Waals surface area contributed by atoms with Crippen molar-refractivity contribution in [2.45, 2.75) is 31.2 Å². The first kappa shape index (κ1) is 22.1. The average molecular weight is 433 g/mol. The van der Waals surface area contributed by atoms with Gasteiger partial charge in [-0.2, -0.15) is 4.31 Å². The summed E-state index contributed by atoms with van der Waals surface area (Å²) in [5, 5.41) is 2.92. The number of rotatable bonds is 7. The third kappa shape index (κ3) is 4.76. The molecular formula is C22H28N2O5S. The van der Waals surface area contributed by atoms with Gasteiger partial charge in [-0.25, -0.2) is 8.42 Å². The smallest absolute Gasteiger partial charge is 0.243 e. The van der Waals surface area contributed by atoms with Crippen LogP contribution in [0.3, 0.4) is 0 Å². The van der Waals surface area contributed by atoms with Gasteiger partial charge in [0.05, 0.1) is 37.1 Å². The molecule has 2 aromatic rings. The lowest BCUT2D eigenvalue weighted by Gasteiger charge is -2.31. The zero-order valence-corrected chi connectivity index (χ0v) is 18.4. The van der Waals surface area contributed by atoms with E-state index in [4.69, 9.17) is 9.47 Å². The fraction of sp³-hybridized carbons (Fsp3) is 0.409. The summed E-state index contributed by atoms with van der Waals surface area (Å²) in [5.41, 5.74) is 1.74. The van der Waals surface area contributed by atoms with Crippen LogP contribution in [0.25, 0.3) is 0 Å². The lowest BCUT2D eigenvalue weighted by Crippen LogP contribution is -2.45. The molecule has 0 radical (unpaired) electrons. The van der Waals surface area contributed by atoms with Crippen molar-refractivity contribution in [1.82, 2.24) is 9.62 Å². The van der Waals surface area contributed by atoms with E-state index in [0.29, 0.717) is 30.9 Å². The van der Waals surface area contributed by atoms with Crippen LogP contribution in [-0.2, 0) is 21.4 Å². The largest absolute Gasteiger partial charge is 0.496 e. The highest BCUT2D eigenvalue weighted by Crippen LogP contribution is 2.29. The molecule has 0 aliphatic carbocycles. The molecule has 1 atom stereocenters. The van der Waals surface area contributed by atoms with Gasteiger partial charge in [0, 0.05) is 13.1 Å². The van der Waals surface area contributed by atoms with Crippen LogP contribution in [0.1, 0.15) is 24.0 Å². The molecule has 1 aliphatic heterocycles. The molecule has 0 saturated carbocycles. The first-order valence-corrected chi connectivity index (χ1v) is 11.3. The van der Waals surface area contributed by atoms with Crippen LogP contribution in [0.4, 0.5) is 0 Å². The van der Waals surface area contributed by atoms with E-state index in [1.807, 2.05) is 13.0 Å². The molecule has 162 valence electrons. The van der Waals surface area contributed by atoms with Gasteiger partial charge < -0.3 is 14.8 Å². The molecule has 3 rings (SSSR count). The van der Waals surface area contributed by atoms with Crippen molar-refractivity contribution in [3.63, 3.8) is 0 Å². The number of benzene rings is 2. The number of hydrogen-bond acceptors (Lipinski definition) is 5. The van der Waals surface area contributed by atoms with Gasteiger partial charge in [-0.1, -0.05) is 23.8 Å². The average Bonchev–Trinajstić information content (AvgIpc) is 2.77. The number of piperidine rings is 1. The molecule has 1 amide bonds. The van der Waals surface area contributed by atoms with E-state index in [1.165, 1.54) is 4.31 Å². The zero-order chi connectivity index (χ0) is 21.7. The lowest BCUT2D eigenvalue weighted by molar-refractivity contribution is -0.126. The number of nitrogens with zero attached hydrogens (tertiary/aromatic N) is 1. The van der Waals surface area contributed by atoms with E-state index in [1.54, 1.807) is 50.6 Å². The van der Waals surface area contributed by atoms with E-state index >= 15 is 0 Å². The van der Waals surface area contributed by atoms with Crippen molar-refractivity contribution < 1.29 is 22.7 Å².